The van der Waals surface area contributed by atoms with Crippen molar-refractivity contribution in [1.29, 1.82) is 0 Å². The summed E-state index contributed by atoms with van der Waals surface area (Å²) in [6.07, 6.45) is 5.31. The van der Waals surface area contributed by atoms with Crippen LogP contribution in [-0.2, 0) is 6.54 Å². The average Bonchev–Trinajstić information content (AvgIpc) is 2.83. The van der Waals surface area contributed by atoms with Gasteiger partial charge >= 0.3 is 0 Å². The zero-order valence-corrected chi connectivity index (χ0v) is 15.3. The van der Waals surface area contributed by atoms with Crippen LogP contribution in [0, 0.1) is 0 Å². The largest absolute Gasteiger partial charge is 0.328 e. The molecule has 1 fully saturated rings. The van der Waals surface area contributed by atoms with Gasteiger partial charge in [0.05, 0.1) is 11.9 Å². The molecule has 1 unspecified atom stereocenters. The Bertz CT molecular complexity index is 585. The van der Waals surface area contributed by atoms with E-state index in [2.05, 4.69) is 15.1 Å². The van der Waals surface area contributed by atoms with Gasteiger partial charge in [-0.1, -0.05) is 23.7 Å². The molecule has 1 saturated heterocycles. The Morgan fingerprint density at radius 3 is 2.65 bits per heavy atom. The molecule has 7 heteroatoms. The predicted molar refractivity (Wildman–Crippen MR) is 101 cm³/mol. The molecule has 0 spiro atoms. The molecule has 4 nitrogen and oxygen atoms in total. The molecule has 0 amide bonds. The molecular weight excluding hydrogens is 355 g/mol. The smallest absolute Gasteiger partial charge is 0.0695 e. The number of aromatic nitrogens is 2. The van der Waals surface area contributed by atoms with Crippen molar-refractivity contribution in [1.82, 2.24) is 15.1 Å². The molecule has 1 aliphatic heterocycles. The van der Waals surface area contributed by atoms with Crippen LogP contribution in [0.1, 0.15) is 24.8 Å². The molecule has 1 aromatic heterocycles. The van der Waals surface area contributed by atoms with Gasteiger partial charge in [-0.15, -0.1) is 24.8 Å². The minimum absolute atomic E-state index is 0. The van der Waals surface area contributed by atoms with Crippen LogP contribution in [0.3, 0.4) is 0 Å². The maximum Gasteiger partial charge on any atom is 0.0695 e. The third-order valence-corrected chi connectivity index (χ3v) is 4.36. The Labute approximate surface area is 154 Å². The van der Waals surface area contributed by atoms with E-state index in [0.717, 1.165) is 48.8 Å². The van der Waals surface area contributed by atoms with Crippen LogP contribution in [0.2, 0.25) is 5.02 Å². The number of nitrogens with one attached hydrogen (secondary N) is 1. The number of aromatic amines is 1. The second kappa shape index (κ2) is 9.50. The highest BCUT2D eigenvalue weighted by Crippen LogP contribution is 2.24. The van der Waals surface area contributed by atoms with E-state index in [1.807, 2.05) is 30.5 Å². The van der Waals surface area contributed by atoms with Crippen molar-refractivity contribution >= 4 is 36.4 Å². The Morgan fingerprint density at radius 2 is 1.91 bits per heavy atom. The zero-order valence-electron chi connectivity index (χ0n) is 12.9. The SMILES string of the molecule is Cl.Cl.NC1CCCN(Cc2cn[nH]c2-c2ccc(Cl)cc2)CC1. The van der Waals surface area contributed by atoms with Gasteiger partial charge in [-0.25, -0.2) is 0 Å². The standard InChI is InChI=1S/C16H21ClN4.2ClH/c17-14-5-3-12(4-6-14)16-13(10-19-20-16)11-21-8-1-2-15(18)7-9-21;;/h3-6,10,15H,1-2,7-9,11,18H2,(H,19,20);2*1H. The summed E-state index contributed by atoms with van der Waals surface area (Å²) in [4.78, 5) is 2.47. The number of H-pyrrole nitrogens is 1. The molecule has 0 radical (unpaired) electrons. The normalized spacial score (nSPS) is 18.6. The summed E-state index contributed by atoms with van der Waals surface area (Å²) in [6.45, 7) is 3.09. The van der Waals surface area contributed by atoms with E-state index < -0.39 is 0 Å². The maximum atomic E-state index is 6.05. The van der Waals surface area contributed by atoms with Gasteiger partial charge in [-0.3, -0.25) is 10.00 Å². The molecule has 1 atom stereocenters. The van der Waals surface area contributed by atoms with Gasteiger partial charge < -0.3 is 5.73 Å². The van der Waals surface area contributed by atoms with Crippen LogP contribution in [0.5, 0.6) is 0 Å². The summed E-state index contributed by atoms with van der Waals surface area (Å²) in [5.41, 5.74) is 9.48. The zero-order chi connectivity index (χ0) is 14.7. The summed E-state index contributed by atoms with van der Waals surface area (Å²) in [7, 11) is 0. The molecule has 0 saturated carbocycles. The van der Waals surface area contributed by atoms with Crippen molar-refractivity contribution in [2.24, 2.45) is 5.73 Å². The molecule has 1 aliphatic rings. The van der Waals surface area contributed by atoms with Crippen LogP contribution in [0.15, 0.2) is 30.5 Å². The average molecular weight is 378 g/mol. The van der Waals surface area contributed by atoms with Crippen molar-refractivity contribution in [2.75, 3.05) is 13.1 Å². The van der Waals surface area contributed by atoms with Gasteiger partial charge in [0.2, 0.25) is 0 Å². The molecule has 128 valence electrons. The first-order chi connectivity index (χ1) is 10.2. The van der Waals surface area contributed by atoms with Gasteiger partial charge in [-0.2, -0.15) is 5.10 Å². The van der Waals surface area contributed by atoms with Crippen LogP contribution in [0.25, 0.3) is 11.3 Å². The number of hydrogen-bond donors (Lipinski definition) is 2. The number of nitrogens with two attached hydrogens (primary N) is 1. The lowest BCUT2D eigenvalue weighted by molar-refractivity contribution is 0.276. The lowest BCUT2D eigenvalue weighted by Gasteiger charge is -2.19. The number of hydrogen-bond acceptors (Lipinski definition) is 3. The molecule has 3 N–H and O–H groups in total. The molecule has 23 heavy (non-hydrogen) atoms. The second-order valence-electron chi connectivity index (χ2n) is 5.74. The first-order valence-corrected chi connectivity index (χ1v) is 7.86. The molecule has 3 rings (SSSR count). The van der Waals surface area contributed by atoms with E-state index in [-0.39, 0.29) is 24.8 Å². The van der Waals surface area contributed by atoms with Gasteiger partial charge in [0.1, 0.15) is 0 Å². The third kappa shape index (κ3) is 5.37. The summed E-state index contributed by atoms with van der Waals surface area (Å²) < 4.78 is 0. The van der Waals surface area contributed by atoms with Gasteiger partial charge in [0, 0.05) is 23.2 Å². The minimum atomic E-state index is 0. The van der Waals surface area contributed by atoms with Crippen molar-refractivity contribution in [3.63, 3.8) is 0 Å². The Hall–Kier alpha value is -0.780. The summed E-state index contributed by atoms with van der Waals surface area (Å²) >= 11 is 5.95. The maximum absolute atomic E-state index is 6.05. The topological polar surface area (TPSA) is 57.9 Å². The first-order valence-electron chi connectivity index (χ1n) is 7.48. The Balaban J connectivity index is 0.00000132. The van der Waals surface area contributed by atoms with Crippen LogP contribution in [-0.4, -0.2) is 34.2 Å². The predicted octanol–water partition coefficient (Wildman–Crippen LogP) is 3.89. The highest BCUT2D eigenvalue weighted by molar-refractivity contribution is 6.30. The van der Waals surface area contributed by atoms with E-state index in [1.165, 1.54) is 12.0 Å². The Morgan fingerprint density at radius 1 is 1.17 bits per heavy atom. The van der Waals surface area contributed by atoms with Crippen molar-refractivity contribution in [2.45, 2.75) is 31.8 Å². The summed E-state index contributed by atoms with van der Waals surface area (Å²) in [5.74, 6) is 0. The Kier molecular flexibility index (Phi) is 8.37. The molecule has 2 aromatic rings. The molecular formula is C16H23Cl3N4. The van der Waals surface area contributed by atoms with Crippen molar-refractivity contribution < 1.29 is 0 Å². The minimum Gasteiger partial charge on any atom is -0.328 e. The highest BCUT2D eigenvalue weighted by atomic mass is 35.5. The summed E-state index contributed by atoms with van der Waals surface area (Å²) in [6, 6.07) is 8.23. The van der Waals surface area contributed by atoms with Crippen LogP contribution in [0.4, 0.5) is 0 Å². The fourth-order valence-electron chi connectivity index (χ4n) is 2.88. The molecule has 0 bridgehead atoms. The van der Waals surface area contributed by atoms with Crippen LogP contribution < -0.4 is 5.73 Å². The van der Waals surface area contributed by atoms with E-state index in [0.29, 0.717) is 6.04 Å². The van der Waals surface area contributed by atoms with Gasteiger partial charge in [0.25, 0.3) is 0 Å². The molecule has 2 heterocycles. The molecule has 0 aliphatic carbocycles. The fraction of sp³-hybridized carbons (Fsp3) is 0.438. The number of halogens is 3. The molecule has 1 aromatic carbocycles. The van der Waals surface area contributed by atoms with Gasteiger partial charge in [-0.05, 0) is 50.0 Å². The fourth-order valence-corrected chi connectivity index (χ4v) is 3.00. The van der Waals surface area contributed by atoms with Crippen molar-refractivity contribution in [3.05, 3.63) is 41.0 Å². The van der Waals surface area contributed by atoms with E-state index >= 15 is 0 Å². The number of nitrogens with zero attached hydrogens (tertiary/aromatic N) is 2. The van der Waals surface area contributed by atoms with Gasteiger partial charge in [0.15, 0.2) is 0 Å². The number of rotatable bonds is 3. The van der Waals surface area contributed by atoms with Crippen LogP contribution >= 0.6 is 36.4 Å². The number of benzene rings is 1. The third-order valence-electron chi connectivity index (χ3n) is 4.11. The summed E-state index contributed by atoms with van der Waals surface area (Å²) in [5, 5.41) is 8.08. The lowest BCUT2D eigenvalue weighted by Crippen LogP contribution is -2.26. The quantitative estimate of drug-likeness (QED) is 0.853. The number of likely N-dealkylation sites (tertiary alicyclic amines) is 1. The van der Waals surface area contributed by atoms with E-state index in [1.54, 1.807) is 0 Å². The second-order valence-corrected chi connectivity index (χ2v) is 6.18. The lowest BCUT2D eigenvalue weighted by atomic mass is 10.1. The first kappa shape index (κ1) is 20.3. The van der Waals surface area contributed by atoms with E-state index in [9.17, 15) is 0 Å². The van der Waals surface area contributed by atoms with Crippen molar-refractivity contribution in [3.8, 4) is 11.3 Å². The monoisotopic (exact) mass is 376 g/mol. The van der Waals surface area contributed by atoms with E-state index in [4.69, 9.17) is 17.3 Å². The highest BCUT2D eigenvalue weighted by Gasteiger charge is 2.16.